The Bertz CT molecular complexity index is 2320. The molecule has 0 spiro atoms. The number of ether oxygens (including phenoxy) is 3. The summed E-state index contributed by atoms with van der Waals surface area (Å²) in [7, 11) is 0.979. The van der Waals surface area contributed by atoms with Crippen molar-refractivity contribution in [2.45, 2.75) is 50.1 Å². The van der Waals surface area contributed by atoms with Crippen molar-refractivity contribution < 1.29 is 36.4 Å². The number of anilines is 1. The van der Waals surface area contributed by atoms with Gasteiger partial charge in [-0.3, -0.25) is 9.35 Å². The molecule has 1 unspecified atom stereocenters. The second kappa shape index (κ2) is 19.2. The number of nitrogens with one attached hydrogen (secondary N) is 1. The molecule has 0 radical (unpaired) electrons. The van der Waals surface area contributed by atoms with E-state index in [1.165, 1.54) is 12.1 Å². The predicted molar refractivity (Wildman–Crippen MR) is 230 cm³/mol. The van der Waals surface area contributed by atoms with Gasteiger partial charge in [-0.1, -0.05) is 53.5 Å². The van der Waals surface area contributed by atoms with Crippen LogP contribution in [0.5, 0.6) is 17.2 Å². The molecule has 0 aliphatic carbocycles. The summed E-state index contributed by atoms with van der Waals surface area (Å²) in [5.74, 6) is 1.83. The van der Waals surface area contributed by atoms with Crippen LogP contribution in [-0.4, -0.2) is 105 Å². The van der Waals surface area contributed by atoms with Gasteiger partial charge in [0.1, 0.15) is 5.82 Å². The first-order valence-electron chi connectivity index (χ1n) is 19.4. The lowest BCUT2D eigenvalue weighted by molar-refractivity contribution is 0.0606. The first-order valence-corrected chi connectivity index (χ1v) is 22.0. The molecule has 2 aliphatic heterocycles. The Hall–Kier alpha value is -4.60. The highest BCUT2D eigenvalue weighted by atomic mass is 35.5. The van der Waals surface area contributed by atoms with Crippen LogP contribution in [-0.2, 0) is 22.1 Å². The number of rotatable bonds is 12. The highest BCUT2D eigenvalue weighted by Gasteiger charge is 2.40. The zero-order chi connectivity index (χ0) is 42.3. The zero-order valence-electron chi connectivity index (χ0n) is 33.6. The molecule has 12 nitrogen and oxygen atoms in total. The summed E-state index contributed by atoms with van der Waals surface area (Å²) in [6.07, 6.45) is 5.27. The number of fused-ring (bicyclic) bond motifs is 1. The molecule has 3 heterocycles. The van der Waals surface area contributed by atoms with E-state index in [1.54, 1.807) is 33.5 Å². The molecular weight excluding hydrogens is 820 g/mol. The smallest absolute Gasteiger partial charge is 0.261 e. The van der Waals surface area contributed by atoms with Crippen LogP contribution in [0.2, 0.25) is 10.0 Å². The van der Waals surface area contributed by atoms with Crippen LogP contribution >= 0.6 is 23.2 Å². The van der Waals surface area contributed by atoms with Crippen molar-refractivity contribution >= 4 is 56.2 Å². The van der Waals surface area contributed by atoms with Gasteiger partial charge in [-0.25, -0.2) is 9.37 Å². The number of amides is 1. The Labute approximate surface area is 354 Å². The number of halogens is 3. The third-order valence-electron chi connectivity index (χ3n) is 11.0. The third kappa shape index (κ3) is 11.0. The van der Waals surface area contributed by atoms with E-state index in [0.29, 0.717) is 58.7 Å². The molecule has 0 bridgehead atoms. The van der Waals surface area contributed by atoms with Crippen LogP contribution < -0.4 is 19.5 Å². The summed E-state index contributed by atoms with van der Waals surface area (Å²) >= 11 is 13.0. The number of carbonyl (C=O) groups excluding carboxylic acids is 1. The number of methoxy groups -OCH3 is 3. The summed E-state index contributed by atoms with van der Waals surface area (Å²) < 4.78 is 58.3. The number of aromatic nitrogens is 2. The summed E-state index contributed by atoms with van der Waals surface area (Å²) in [4.78, 5) is 23.6. The molecule has 2 N–H and O–H groups in total. The van der Waals surface area contributed by atoms with E-state index < -0.39 is 10.1 Å². The quantitative estimate of drug-likeness (QED) is 0.118. The first-order chi connectivity index (χ1) is 28.2. The highest BCUT2D eigenvalue weighted by molar-refractivity contribution is 7.85. The molecule has 2 saturated heterocycles. The second-order valence-corrected chi connectivity index (χ2v) is 17.3. The largest absolute Gasteiger partial charge is 0.493 e. The van der Waals surface area contributed by atoms with Crippen molar-refractivity contribution in [1.29, 1.82) is 0 Å². The molecule has 1 aromatic heterocycles. The molecule has 4 aromatic carbocycles. The van der Waals surface area contributed by atoms with Crippen LogP contribution in [0.4, 0.5) is 10.3 Å². The maximum absolute atomic E-state index is 14.2. The topological polar surface area (TPSA) is 135 Å². The molecule has 1 atom stereocenters. The Balaban J connectivity index is 0.00000110. The van der Waals surface area contributed by atoms with Crippen LogP contribution in [0.1, 0.15) is 53.6 Å². The minimum atomic E-state index is -3.67. The van der Waals surface area contributed by atoms with E-state index in [-0.39, 0.29) is 23.2 Å². The maximum Gasteiger partial charge on any atom is 0.261 e. The SMILES string of the molecule is COc1cc(C(=O)N2CCCC(CCN3CCC(Nc4nc5ccccc5n4Cc4ccc(F)cc4)CC3)(c3ccc(Cl)c(Cl)c3)C2)cc(OC)c1OC.CS(=O)(=O)O. The molecular formula is C43H50Cl2FN5O7S. The van der Waals surface area contributed by atoms with Crippen molar-refractivity contribution in [2.24, 2.45) is 0 Å². The van der Waals surface area contributed by atoms with Gasteiger partial charge in [0, 0.05) is 43.2 Å². The number of hydrogen-bond acceptors (Lipinski definition) is 9. The molecule has 59 heavy (non-hydrogen) atoms. The summed E-state index contributed by atoms with van der Waals surface area (Å²) in [5.41, 5.74) is 4.24. The Morgan fingerprint density at radius 2 is 1.59 bits per heavy atom. The van der Waals surface area contributed by atoms with Gasteiger partial charge in [0.05, 0.1) is 55.2 Å². The number of benzene rings is 4. The van der Waals surface area contributed by atoms with Crippen molar-refractivity contribution in [3.05, 3.63) is 111 Å². The van der Waals surface area contributed by atoms with Gasteiger partial charge < -0.3 is 33.9 Å². The fourth-order valence-electron chi connectivity index (χ4n) is 8.08. The maximum atomic E-state index is 14.2. The van der Waals surface area contributed by atoms with E-state index in [2.05, 4.69) is 26.9 Å². The Morgan fingerprint density at radius 1 is 0.932 bits per heavy atom. The zero-order valence-corrected chi connectivity index (χ0v) is 35.9. The number of imidazole rings is 1. The van der Waals surface area contributed by atoms with Gasteiger partial charge in [-0.15, -0.1) is 0 Å². The number of carbonyl (C=O) groups is 1. The molecule has 7 rings (SSSR count). The van der Waals surface area contributed by atoms with Crippen molar-refractivity contribution in [2.75, 3.05) is 65.6 Å². The Morgan fingerprint density at radius 3 is 2.22 bits per heavy atom. The Kier molecular flexibility index (Phi) is 14.3. The lowest BCUT2D eigenvalue weighted by Crippen LogP contribution is -2.50. The molecule has 16 heteroatoms. The molecule has 1 amide bonds. The first kappa shape index (κ1) is 44.0. The number of piperidine rings is 2. The predicted octanol–water partition coefficient (Wildman–Crippen LogP) is 8.20. The minimum Gasteiger partial charge on any atom is -0.493 e. The average Bonchev–Trinajstić information content (AvgIpc) is 3.56. The lowest BCUT2D eigenvalue weighted by Gasteiger charge is -2.45. The van der Waals surface area contributed by atoms with E-state index in [0.717, 1.165) is 79.8 Å². The van der Waals surface area contributed by atoms with Crippen LogP contribution in [0.15, 0.2) is 78.9 Å². The fraction of sp³-hybridized carbons (Fsp3) is 0.395. The van der Waals surface area contributed by atoms with Crippen LogP contribution in [0, 0.1) is 5.82 Å². The number of nitrogens with zero attached hydrogens (tertiary/aromatic N) is 4. The van der Waals surface area contributed by atoms with E-state index in [4.69, 9.17) is 46.9 Å². The summed E-state index contributed by atoms with van der Waals surface area (Å²) in [6.45, 7) is 4.52. The molecule has 316 valence electrons. The molecule has 5 aromatic rings. The molecule has 0 saturated carbocycles. The number of hydrogen-bond donors (Lipinski definition) is 2. The second-order valence-electron chi connectivity index (χ2n) is 15.0. The van der Waals surface area contributed by atoms with E-state index in [1.807, 2.05) is 47.4 Å². The number of likely N-dealkylation sites (tertiary alicyclic amines) is 2. The monoisotopic (exact) mass is 869 g/mol. The van der Waals surface area contributed by atoms with Crippen LogP contribution in [0.25, 0.3) is 11.0 Å². The van der Waals surface area contributed by atoms with Gasteiger partial charge in [0.2, 0.25) is 11.7 Å². The van der Waals surface area contributed by atoms with E-state index in [9.17, 15) is 17.6 Å². The van der Waals surface area contributed by atoms with Gasteiger partial charge in [-0.05, 0) is 98.3 Å². The highest BCUT2D eigenvalue weighted by Crippen LogP contribution is 2.42. The molecule has 2 fully saturated rings. The summed E-state index contributed by atoms with van der Waals surface area (Å²) in [6, 6.07) is 24.4. The van der Waals surface area contributed by atoms with Gasteiger partial charge >= 0.3 is 0 Å². The standard InChI is InChI=1S/C42H46Cl2FN5O4.CH4O3S/c1-52-37-23-29(24-38(53-2)39(37)54-3)40(51)49-19-6-17-42(27-49,30-11-14-33(43)34(44)25-30)18-22-48-20-15-32(16-21-48)46-41-47-35-7-4-5-8-36(35)50(41)26-28-9-12-31(45)13-10-28;1-5(2,3)4/h4-5,7-14,23-25,32H,6,15-22,26-27H2,1-3H3,(H,46,47);1H3,(H,2,3,4). The van der Waals surface area contributed by atoms with Gasteiger partial charge in [0.15, 0.2) is 11.5 Å². The summed E-state index contributed by atoms with van der Waals surface area (Å²) in [5, 5.41) is 4.78. The third-order valence-corrected chi connectivity index (χ3v) is 11.8. The average molecular weight is 871 g/mol. The fourth-order valence-corrected chi connectivity index (χ4v) is 8.37. The van der Waals surface area contributed by atoms with Crippen molar-refractivity contribution in [1.82, 2.24) is 19.4 Å². The van der Waals surface area contributed by atoms with Crippen molar-refractivity contribution in [3.8, 4) is 17.2 Å². The van der Waals surface area contributed by atoms with Gasteiger partial charge in [0.25, 0.3) is 16.0 Å². The lowest BCUT2D eigenvalue weighted by atomic mass is 9.71. The minimum absolute atomic E-state index is 0.0873. The molecule has 2 aliphatic rings. The normalized spacial score (nSPS) is 17.6. The van der Waals surface area contributed by atoms with Crippen molar-refractivity contribution in [3.63, 3.8) is 0 Å². The number of para-hydroxylation sites is 2. The van der Waals surface area contributed by atoms with E-state index >= 15 is 0 Å². The van der Waals surface area contributed by atoms with Gasteiger partial charge in [-0.2, -0.15) is 8.42 Å². The van der Waals surface area contributed by atoms with Crippen LogP contribution in [0.3, 0.4) is 0 Å².